The summed E-state index contributed by atoms with van der Waals surface area (Å²) in [5, 5.41) is 4.32. The molecule has 0 fully saturated rings. The predicted molar refractivity (Wildman–Crippen MR) is 66.7 cm³/mol. The highest BCUT2D eigenvalue weighted by molar-refractivity contribution is 5.58. The lowest BCUT2D eigenvalue weighted by Crippen LogP contribution is -2.00. The van der Waals surface area contributed by atoms with Crippen LogP contribution in [0.25, 0.3) is 17.0 Å². The van der Waals surface area contributed by atoms with Crippen molar-refractivity contribution >= 4 is 5.65 Å². The third-order valence-electron chi connectivity index (χ3n) is 2.78. The van der Waals surface area contributed by atoms with Gasteiger partial charge in [-0.15, -0.1) is 0 Å². The van der Waals surface area contributed by atoms with E-state index in [1.807, 2.05) is 51.9 Å². The maximum absolute atomic E-state index is 4.60. The van der Waals surface area contributed by atoms with Gasteiger partial charge in [0.2, 0.25) is 0 Å². The zero-order valence-electron chi connectivity index (χ0n) is 9.74. The molecule has 0 unspecified atom stereocenters. The van der Waals surface area contributed by atoms with E-state index in [-0.39, 0.29) is 0 Å². The smallest absolute Gasteiger partial charge is 0.137 e. The van der Waals surface area contributed by atoms with Gasteiger partial charge in [-0.05, 0) is 24.6 Å². The first kappa shape index (κ1) is 10.1. The van der Waals surface area contributed by atoms with Crippen LogP contribution in [0.2, 0.25) is 0 Å². The molecule has 0 radical (unpaired) electrons. The van der Waals surface area contributed by atoms with E-state index in [1.54, 1.807) is 0 Å². The number of aromatic nitrogens is 4. The number of aryl methyl sites for hydroxylation is 1. The second-order valence-corrected chi connectivity index (χ2v) is 4.03. The van der Waals surface area contributed by atoms with Crippen LogP contribution in [0.1, 0.15) is 13.3 Å². The summed E-state index contributed by atoms with van der Waals surface area (Å²) in [6.45, 7) is 3.07. The Morgan fingerprint density at radius 3 is 3.00 bits per heavy atom. The minimum atomic E-state index is 0.927. The number of rotatable bonds is 3. The van der Waals surface area contributed by atoms with Gasteiger partial charge in [-0.1, -0.05) is 13.0 Å². The van der Waals surface area contributed by atoms with Crippen molar-refractivity contribution in [2.45, 2.75) is 19.9 Å². The fourth-order valence-electron chi connectivity index (χ4n) is 2.00. The minimum Gasteiger partial charge on any atom is -0.306 e. The first-order chi connectivity index (χ1) is 8.38. The number of pyridine rings is 1. The highest BCUT2D eigenvalue weighted by atomic mass is 15.3. The molecule has 0 N–H and O–H groups in total. The summed E-state index contributed by atoms with van der Waals surface area (Å²) in [5.41, 5.74) is 3.02. The summed E-state index contributed by atoms with van der Waals surface area (Å²) in [6, 6.07) is 8.01. The maximum Gasteiger partial charge on any atom is 0.137 e. The van der Waals surface area contributed by atoms with Gasteiger partial charge in [0.1, 0.15) is 11.3 Å². The van der Waals surface area contributed by atoms with Crippen molar-refractivity contribution in [2.75, 3.05) is 0 Å². The van der Waals surface area contributed by atoms with Crippen LogP contribution in [0.5, 0.6) is 0 Å². The topological polar surface area (TPSA) is 35.1 Å². The molecule has 4 heteroatoms. The molecular formula is C13H14N4. The van der Waals surface area contributed by atoms with Crippen molar-refractivity contribution in [3.05, 3.63) is 42.9 Å². The summed E-state index contributed by atoms with van der Waals surface area (Å²) in [6.07, 6.45) is 6.95. The molecule has 3 aromatic heterocycles. The molecule has 0 aliphatic rings. The van der Waals surface area contributed by atoms with Gasteiger partial charge >= 0.3 is 0 Å². The van der Waals surface area contributed by atoms with Gasteiger partial charge in [0.15, 0.2) is 0 Å². The van der Waals surface area contributed by atoms with Crippen molar-refractivity contribution in [1.29, 1.82) is 0 Å². The SMILES string of the molecule is CCCn1nccc1-c1cn2ccccc2n1. The lowest BCUT2D eigenvalue weighted by molar-refractivity contribution is 0.608. The van der Waals surface area contributed by atoms with Crippen molar-refractivity contribution < 1.29 is 0 Å². The molecule has 0 bridgehead atoms. The van der Waals surface area contributed by atoms with Crippen LogP contribution in [0.4, 0.5) is 0 Å². The molecule has 3 aromatic rings. The minimum absolute atomic E-state index is 0.927. The Morgan fingerprint density at radius 2 is 2.18 bits per heavy atom. The average Bonchev–Trinajstić information content (AvgIpc) is 2.94. The van der Waals surface area contributed by atoms with Crippen molar-refractivity contribution in [2.24, 2.45) is 0 Å². The van der Waals surface area contributed by atoms with Crippen molar-refractivity contribution in [3.63, 3.8) is 0 Å². The van der Waals surface area contributed by atoms with Crippen LogP contribution in [-0.4, -0.2) is 19.2 Å². The maximum atomic E-state index is 4.60. The molecule has 0 saturated carbocycles. The Balaban J connectivity index is 2.10. The Morgan fingerprint density at radius 1 is 1.24 bits per heavy atom. The predicted octanol–water partition coefficient (Wildman–Crippen LogP) is 2.61. The summed E-state index contributed by atoms with van der Waals surface area (Å²) in [4.78, 5) is 4.60. The first-order valence-corrected chi connectivity index (χ1v) is 5.84. The summed E-state index contributed by atoms with van der Waals surface area (Å²) < 4.78 is 4.03. The van der Waals surface area contributed by atoms with E-state index in [1.165, 1.54) is 0 Å². The van der Waals surface area contributed by atoms with E-state index in [2.05, 4.69) is 17.0 Å². The van der Waals surface area contributed by atoms with Gasteiger partial charge < -0.3 is 4.40 Å². The average molecular weight is 226 g/mol. The van der Waals surface area contributed by atoms with Crippen LogP contribution in [0.15, 0.2) is 42.9 Å². The van der Waals surface area contributed by atoms with Gasteiger partial charge in [0.05, 0.1) is 5.69 Å². The number of hydrogen-bond donors (Lipinski definition) is 0. The first-order valence-electron chi connectivity index (χ1n) is 5.84. The fourth-order valence-corrected chi connectivity index (χ4v) is 2.00. The molecule has 0 aliphatic carbocycles. The van der Waals surface area contributed by atoms with Gasteiger partial charge in [-0.25, -0.2) is 4.98 Å². The van der Waals surface area contributed by atoms with Crippen LogP contribution in [-0.2, 0) is 6.54 Å². The second kappa shape index (κ2) is 4.05. The monoisotopic (exact) mass is 226 g/mol. The Bertz CT molecular complexity index is 602. The van der Waals surface area contributed by atoms with Crippen molar-refractivity contribution in [1.82, 2.24) is 19.2 Å². The number of fused-ring (bicyclic) bond motifs is 1. The quantitative estimate of drug-likeness (QED) is 0.688. The Labute approximate surface area is 99.5 Å². The summed E-state index contributed by atoms with van der Waals surface area (Å²) >= 11 is 0. The third-order valence-corrected chi connectivity index (χ3v) is 2.78. The van der Waals surface area contributed by atoms with E-state index in [9.17, 15) is 0 Å². The van der Waals surface area contributed by atoms with E-state index in [0.717, 1.165) is 30.0 Å². The molecule has 0 aromatic carbocycles. The van der Waals surface area contributed by atoms with Gasteiger partial charge in [0.25, 0.3) is 0 Å². The van der Waals surface area contributed by atoms with Gasteiger partial charge in [-0.2, -0.15) is 5.10 Å². The lowest BCUT2D eigenvalue weighted by atomic mass is 10.3. The molecule has 3 rings (SSSR count). The number of hydrogen-bond acceptors (Lipinski definition) is 2. The second-order valence-electron chi connectivity index (χ2n) is 4.03. The number of nitrogens with zero attached hydrogens (tertiary/aromatic N) is 4. The Hall–Kier alpha value is -2.10. The molecule has 0 aliphatic heterocycles. The molecule has 0 atom stereocenters. The fraction of sp³-hybridized carbons (Fsp3) is 0.231. The van der Waals surface area contributed by atoms with Crippen LogP contribution in [0.3, 0.4) is 0 Å². The number of imidazole rings is 1. The van der Waals surface area contributed by atoms with E-state index < -0.39 is 0 Å². The largest absolute Gasteiger partial charge is 0.306 e. The molecular weight excluding hydrogens is 212 g/mol. The normalized spacial score (nSPS) is 11.1. The molecule has 0 amide bonds. The molecule has 0 spiro atoms. The highest BCUT2D eigenvalue weighted by Crippen LogP contribution is 2.18. The molecule has 0 saturated heterocycles. The summed E-state index contributed by atoms with van der Waals surface area (Å²) in [5.74, 6) is 0. The summed E-state index contributed by atoms with van der Waals surface area (Å²) in [7, 11) is 0. The standard InChI is InChI=1S/C13H14N4/c1-2-8-17-12(6-7-14-17)11-10-16-9-4-3-5-13(16)15-11/h3-7,9-10H,2,8H2,1H3. The van der Waals surface area contributed by atoms with Gasteiger partial charge in [-0.3, -0.25) is 4.68 Å². The Kier molecular flexibility index (Phi) is 2.40. The van der Waals surface area contributed by atoms with E-state index >= 15 is 0 Å². The molecule has 86 valence electrons. The van der Waals surface area contributed by atoms with Crippen LogP contribution >= 0.6 is 0 Å². The molecule has 4 nitrogen and oxygen atoms in total. The van der Waals surface area contributed by atoms with Crippen molar-refractivity contribution in [3.8, 4) is 11.4 Å². The van der Waals surface area contributed by atoms with Crippen LogP contribution in [0, 0.1) is 0 Å². The lowest BCUT2D eigenvalue weighted by Gasteiger charge is -2.02. The zero-order valence-corrected chi connectivity index (χ0v) is 9.74. The van der Waals surface area contributed by atoms with Crippen LogP contribution < -0.4 is 0 Å². The zero-order chi connectivity index (χ0) is 11.7. The van der Waals surface area contributed by atoms with E-state index in [0.29, 0.717) is 0 Å². The van der Waals surface area contributed by atoms with Gasteiger partial charge in [0, 0.05) is 25.1 Å². The highest BCUT2D eigenvalue weighted by Gasteiger charge is 2.08. The third kappa shape index (κ3) is 1.71. The molecule has 3 heterocycles. The van der Waals surface area contributed by atoms with E-state index in [4.69, 9.17) is 0 Å². The molecule has 17 heavy (non-hydrogen) atoms.